The lowest BCUT2D eigenvalue weighted by molar-refractivity contribution is -0.123. The van der Waals surface area contributed by atoms with Crippen LogP contribution in [-0.2, 0) is 9.59 Å². The predicted molar refractivity (Wildman–Crippen MR) is 122 cm³/mol. The van der Waals surface area contributed by atoms with Crippen molar-refractivity contribution in [3.8, 4) is 5.75 Å². The van der Waals surface area contributed by atoms with E-state index >= 15 is 0 Å². The number of H-pyrrole nitrogens is 1. The summed E-state index contributed by atoms with van der Waals surface area (Å²) in [6.45, 7) is 0. The van der Waals surface area contributed by atoms with Gasteiger partial charge in [0.1, 0.15) is 11.6 Å². The zero-order valence-electron chi connectivity index (χ0n) is 16.7. The minimum Gasteiger partial charge on any atom is -0.495 e. The number of aromatic amines is 1. The number of carbonyl (C=O) groups is 2. The molecular weight excluding hydrogens is 457 g/mol. The molecule has 0 fully saturated rings. The maximum atomic E-state index is 12.9. The summed E-state index contributed by atoms with van der Waals surface area (Å²) in [6.07, 6.45) is -0.221. The van der Waals surface area contributed by atoms with Gasteiger partial charge in [-0.3, -0.25) is 19.4 Å². The lowest BCUT2D eigenvalue weighted by Crippen LogP contribution is -2.36. The van der Waals surface area contributed by atoms with E-state index in [-0.39, 0.29) is 34.5 Å². The van der Waals surface area contributed by atoms with Crippen LogP contribution in [0.5, 0.6) is 5.75 Å². The smallest absolute Gasteiger partial charge is 0.258 e. The summed E-state index contributed by atoms with van der Waals surface area (Å²) in [5, 5.41) is 8.78. The van der Waals surface area contributed by atoms with Gasteiger partial charge in [0.05, 0.1) is 35.0 Å². The molecule has 2 amide bonds. The summed E-state index contributed by atoms with van der Waals surface area (Å²) in [5.41, 5.74) is 0.316. The SMILES string of the molecule is COc1ccccc1Nc1nc2c(c(=O)[nH]1)[C@H](C(=O)Nc1cc(Cl)ccc1Cl)CC(=O)N2. The van der Waals surface area contributed by atoms with Crippen molar-refractivity contribution in [1.29, 1.82) is 0 Å². The number of ether oxygens (including phenoxy) is 1. The predicted octanol–water partition coefficient (Wildman–Crippen LogP) is 3.89. The topological polar surface area (TPSA) is 125 Å². The number of halogens is 2. The molecule has 0 bridgehead atoms. The Balaban J connectivity index is 1.66. The molecule has 0 spiro atoms. The van der Waals surface area contributed by atoms with Crippen molar-refractivity contribution < 1.29 is 14.3 Å². The maximum Gasteiger partial charge on any atom is 0.258 e. The van der Waals surface area contributed by atoms with Crippen LogP contribution in [0.1, 0.15) is 17.9 Å². The Labute approximate surface area is 192 Å². The summed E-state index contributed by atoms with van der Waals surface area (Å²) in [6, 6.07) is 11.6. The quantitative estimate of drug-likeness (QED) is 0.445. The molecule has 0 unspecified atom stereocenters. The molecule has 2 aromatic carbocycles. The van der Waals surface area contributed by atoms with Crippen LogP contribution >= 0.6 is 23.2 Å². The molecule has 4 rings (SSSR count). The molecule has 1 aromatic heterocycles. The van der Waals surface area contributed by atoms with E-state index in [0.717, 1.165) is 0 Å². The summed E-state index contributed by atoms with van der Waals surface area (Å²) < 4.78 is 5.28. The van der Waals surface area contributed by atoms with E-state index in [2.05, 4.69) is 25.9 Å². The number of carbonyl (C=O) groups excluding carboxylic acids is 2. The van der Waals surface area contributed by atoms with E-state index in [1.807, 2.05) is 0 Å². The molecule has 0 radical (unpaired) electrons. The van der Waals surface area contributed by atoms with Crippen molar-refractivity contribution in [3.63, 3.8) is 0 Å². The standard InChI is InChI=1S/C21H17Cl2N5O4/c1-32-15-5-3-2-4-13(15)25-21-27-18-17(20(31)28-21)11(9-16(29)26-18)19(30)24-14-8-10(22)6-7-12(14)23/h2-8,11H,9H2,1H3,(H,24,30)(H3,25,26,27,28,29,31)/t11-/m1/s1. The lowest BCUT2D eigenvalue weighted by atomic mass is 9.92. The number of hydrogen-bond donors (Lipinski definition) is 4. The average molecular weight is 474 g/mol. The van der Waals surface area contributed by atoms with E-state index in [4.69, 9.17) is 27.9 Å². The van der Waals surface area contributed by atoms with Gasteiger partial charge in [0.2, 0.25) is 17.8 Å². The van der Waals surface area contributed by atoms with Crippen molar-refractivity contribution in [2.75, 3.05) is 23.1 Å². The first-order valence-corrected chi connectivity index (χ1v) is 10.2. The van der Waals surface area contributed by atoms with E-state index in [0.29, 0.717) is 16.5 Å². The monoisotopic (exact) mass is 473 g/mol. The highest BCUT2D eigenvalue weighted by molar-refractivity contribution is 6.35. The van der Waals surface area contributed by atoms with Crippen molar-refractivity contribution in [3.05, 3.63) is 68.4 Å². The maximum absolute atomic E-state index is 12.9. The highest BCUT2D eigenvalue weighted by Crippen LogP contribution is 2.33. The second-order valence-electron chi connectivity index (χ2n) is 6.92. The number of methoxy groups -OCH3 is 1. The number of fused-ring (bicyclic) bond motifs is 1. The normalized spacial score (nSPS) is 14.8. The Bertz CT molecular complexity index is 1280. The zero-order chi connectivity index (χ0) is 22.8. The highest BCUT2D eigenvalue weighted by atomic mass is 35.5. The molecule has 1 aliphatic rings. The molecule has 164 valence electrons. The summed E-state index contributed by atoms with van der Waals surface area (Å²) >= 11 is 12.1. The van der Waals surface area contributed by atoms with Crippen LogP contribution in [0.15, 0.2) is 47.3 Å². The van der Waals surface area contributed by atoms with Gasteiger partial charge in [-0.15, -0.1) is 0 Å². The fourth-order valence-electron chi connectivity index (χ4n) is 3.34. The van der Waals surface area contributed by atoms with Gasteiger partial charge in [-0.05, 0) is 30.3 Å². The molecule has 2 heterocycles. The van der Waals surface area contributed by atoms with Crippen molar-refractivity contribution >= 4 is 58.2 Å². The van der Waals surface area contributed by atoms with Crippen LogP contribution in [0.2, 0.25) is 10.0 Å². The first-order valence-electron chi connectivity index (χ1n) is 9.45. The first-order chi connectivity index (χ1) is 15.4. The molecule has 32 heavy (non-hydrogen) atoms. The minimum atomic E-state index is -1.06. The Morgan fingerprint density at radius 3 is 2.72 bits per heavy atom. The fraction of sp³-hybridized carbons (Fsp3) is 0.143. The van der Waals surface area contributed by atoms with Gasteiger partial charge < -0.3 is 20.7 Å². The van der Waals surface area contributed by atoms with Gasteiger partial charge in [0.15, 0.2) is 0 Å². The number of benzene rings is 2. The summed E-state index contributed by atoms with van der Waals surface area (Å²) in [5.74, 6) is -1.48. The third-order valence-electron chi connectivity index (χ3n) is 4.81. The molecule has 4 N–H and O–H groups in total. The van der Waals surface area contributed by atoms with Gasteiger partial charge >= 0.3 is 0 Å². The number of hydrogen-bond acceptors (Lipinski definition) is 6. The van der Waals surface area contributed by atoms with Crippen LogP contribution in [0.3, 0.4) is 0 Å². The highest BCUT2D eigenvalue weighted by Gasteiger charge is 2.35. The molecule has 0 saturated carbocycles. The molecule has 9 nitrogen and oxygen atoms in total. The van der Waals surface area contributed by atoms with Crippen LogP contribution in [0, 0.1) is 0 Å². The van der Waals surface area contributed by atoms with E-state index in [9.17, 15) is 14.4 Å². The molecule has 0 saturated heterocycles. The zero-order valence-corrected chi connectivity index (χ0v) is 18.2. The molecule has 11 heteroatoms. The third kappa shape index (κ3) is 4.39. The van der Waals surface area contributed by atoms with Crippen LogP contribution in [-0.4, -0.2) is 28.9 Å². The van der Waals surface area contributed by atoms with Crippen molar-refractivity contribution in [1.82, 2.24) is 9.97 Å². The van der Waals surface area contributed by atoms with Crippen molar-refractivity contribution in [2.45, 2.75) is 12.3 Å². The van der Waals surface area contributed by atoms with E-state index in [1.54, 1.807) is 30.3 Å². The molecule has 1 aliphatic heterocycles. The number of nitrogens with zero attached hydrogens (tertiary/aromatic N) is 1. The Morgan fingerprint density at radius 1 is 1.16 bits per heavy atom. The van der Waals surface area contributed by atoms with Gasteiger partial charge in [-0.2, -0.15) is 4.98 Å². The molecule has 1 atom stereocenters. The van der Waals surface area contributed by atoms with Crippen LogP contribution in [0.4, 0.5) is 23.1 Å². The van der Waals surface area contributed by atoms with E-state index in [1.165, 1.54) is 19.2 Å². The number of nitrogens with one attached hydrogen (secondary N) is 4. The van der Waals surface area contributed by atoms with E-state index < -0.39 is 23.3 Å². The number of rotatable bonds is 5. The van der Waals surface area contributed by atoms with Crippen LogP contribution in [0.25, 0.3) is 0 Å². The Morgan fingerprint density at radius 2 is 1.94 bits per heavy atom. The Kier molecular flexibility index (Phi) is 6.02. The number of amides is 2. The average Bonchev–Trinajstić information content (AvgIpc) is 2.75. The molecule has 3 aromatic rings. The lowest BCUT2D eigenvalue weighted by Gasteiger charge is -2.24. The fourth-order valence-corrected chi connectivity index (χ4v) is 3.68. The first kappa shape index (κ1) is 21.7. The van der Waals surface area contributed by atoms with Gasteiger partial charge in [-0.25, -0.2) is 0 Å². The number of anilines is 4. The summed E-state index contributed by atoms with van der Waals surface area (Å²) in [7, 11) is 1.51. The number of para-hydroxylation sites is 2. The molecular formula is C21H17Cl2N5O4. The van der Waals surface area contributed by atoms with Gasteiger partial charge in [0.25, 0.3) is 5.56 Å². The van der Waals surface area contributed by atoms with Gasteiger partial charge in [0, 0.05) is 11.4 Å². The molecule has 0 aliphatic carbocycles. The minimum absolute atomic E-state index is 0.000242. The second-order valence-corrected chi connectivity index (χ2v) is 7.76. The third-order valence-corrected chi connectivity index (χ3v) is 5.38. The largest absolute Gasteiger partial charge is 0.495 e. The summed E-state index contributed by atoms with van der Waals surface area (Å²) in [4.78, 5) is 45.0. The second kappa shape index (κ2) is 8.89. The van der Waals surface area contributed by atoms with Gasteiger partial charge in [-0.1, -0.05) is 35.3 Å². The van der Waals surface area contributed by atoms with Crippen molar-refractivity contribution in [2.24, 2.45) is 0 Å². The van der Waals surface area contributed by atoms with Crippen LogP contribution < -0.4 is 26.2 Å². The number of aromatic nitrogens is 2. The Hall–Kier alpha value is -3.56.